The number of hydrogen-bond acceptors (Lipinski definition) is 2. The van der Waals surface area contributed by atoms with Gasteiger partial charge in [-0.05, 0) is 37.1 Å². The fourth-order valence-corrected chi connectivity index (χ4v) is 2.34. The SMILES string of the molecule is O=C1CCCC(CO)N1c1ccc(Br)cc1. The Morgan fingerprint density at radius 1 is 1.38 bits per heavy atom. The monoisotopic (exact) mass is 283 g/mol. The standard InChI is InChI=1S/C12H14BrNO2/c13-9-4-6-10(7-5-9)14-11(8-15)2-1-3-12(14)16/h4-7,11,15H,1-3,8H2. The Balaban J connectivity index is 2.28. The normalized spacial score (nSPS) is 21.2. The van der Waals surface area contributed by atoms with Crippen LogP contribution in [0.3, 0.4) is 0 Å². The molecular formula is C12H14BrNO2. The molecule has 1 amide bonds. The summed E-state index contributed by atoms with van der Waals surface area (Å²) in [5.74, 6) is 0.104. The first kappa shape index (κ1) is 11.6. The van der Waals surface area contributed by atoms with Crippen LogP contribution in [-0.2, 0) is 4.79 Å². The number of benzene rings is 1. The molecule has 1 atom stereocenters. The van der Waals surface area contributed by atoms with E-state index < -0.39 is 0 Å². The van der Waals surface area contributed by atoms with E-state index in [1.54, 1.807) is 4.90 Å². The second kappa shape index (κ2) is 4.97. The van der Waals surface area contributed by atoms with Gasteiger partial charge in [0.05, 0.1) is 12.6 Å². The van der Waals surface area contributed by atoms with Crippen LogP contribution < -0.4 is 4.90 Å². The highest BCUT2D eigenvalue weighted by atomic mass is 79.9. The van der Waals surface area contributed by atoms with E-state index in [1.165, 1.54) is 0 Å². The molecule has 1 aliphatic rings. The van der Waals surface area contributed by atoms with Gasteiger partial charge in [-0.25, -0.2) is 0 Å². The molecule has 1 heterocycles. The number of aliphatic hydroxyl groups is 1. The second-order valence-corrected chi connectivity index (χ2v) is 4.88. The van der Waals surface area contributed by atoms with Crippen LogP contribution in [0, 0.1) is 0 Å². The molecule has 86 valence electrons. The largest absolute Gasteiger partial charge is 0.394 e. The van der Waals surface area contributed by atoms with Crippen molar-refractivity contribution in [3.8, 4) is 0 Å². The molecule has 2 rings (SSSR count). The minimum Gasteiger partial charge on any atom is -0.394 e. The summed E-state index contributed by atoms with van der Waals surface area (Å²) in [6, 6.07) is 7.55. The molecule has 1 N–H and O–H groups in total. The van der Waals surface area contributed by atoms with Crippen LogP contribution >= 0.6 is 15.9 Å². The van der Waals surface area contributed by atoms with Crippen molar-refractivity contribution in [2.45, 2.75) is 25.3 Å². The van der Waals surface area contributed by atoms with Crippen LogP contribution in [0.5, 0.6) is 0 Å². The summed E-state index contributed by atoms with van der Waals surface area (Å²) in [6.45, 7) is 0.0296. The Hall–Kier alpha value is -0.870. The van der Waals surface area contributed by atoms with Crippen molar-refractivity contribution >= 4 is 27.5 Å². The van der Waals surface area contributed by atoms with Crippen LogP contribution in [0.1, 0.15) is 19.3 Å². The minimum absolute atomic E-state index is 0.0296. The Morgan fingerprint density at radius 3 is 2.69 bits per heavy atom. The van der Waals surface area contributed by atoms with Gasteiger partial charge in [-0.3, -0.25) is 4.79 Å². The Morgan fingerprint density at radius 2 is 2.06 bits per heavy atom. The average Bonchev–Trinajstić information content (AvgIpc) is 2.30. The zero-order valence-electron chi connectivity index (χ0n) is 8.90. The maximum atomic E-state index is 11.9. The van der Waals surface area contributed by atoms with Gasteiger partial charge in [0, 0.05) is 16.6 Å². The van der Waals surface area contributed by atoms with E-state index in [1.807, 2.05) is 24.3 Å². The molecule has 0 radical (unpaired) electrons. The summed E-state index contributed by atoms with van der Waals surface area (Å²) in [5.41, 5.74) is 0.868. The molecule has 4 heteroatoms. The number of carbonyl (C=O) groups is 1. The molecule has 1 saturated heterocycles. The molecule has 1 aromatic rings. The van der Waals surface area contributed by atoms with Gasteiger partial charge in [-0.1, -0.05) is 15.9 Å². The molecule has 0 spiro atoms. The number of amides is 1. The van der Waals surface area contributed by atoms with Crippen molar-refractivity contribution in [1.29, 1.82) is 0 Å². The summed E-state index contributed by atoms with van der Waals surface area (Å²) in [4.78, 5) is 13.6. The molecule has 1 aliphatic heterocycles. The zero-order chi connectivity index (χ0) is 11.5. The van der Waals surface area contributed by atoms with E-state index in [-0.39, 0.29) is 18.6 Å². The van der Waals surface area contributed by atoms with Crippen LogP contribution in [0.25, 0.3) is 0 Å². The number of anilines is 1. The van der Waals surface area contributed by atoms with Crippen LogP contribution in [0.15, 0.2) is 28.7 Å². The lowest BCUT2D eigenvalue weighted by Crippen LogP contribution is -2.45. The van der Waals surface area contributed by atoms with Gasteiger partial charge >= 0.3 is 0 Å². The Labute approximate surface area is 103 Å². The van der Waals surface area contributed by atoms with Gasteiger partial charge < -0.3 is 10.0 Å². The lowest BCUT2D eigenvalue weighted by molar-refractivity contribution is -0.120. The van der Waals surface area contributed by atoms with Crippen LogP contribution in [0.2, 0.25) is 0 Å². The fraction of sp³-hybridized carbons (Fsp3) is 0.417. The first-order chi connectivity index (χ1) is 7.72. The molecule has 1 unspecified atom stereocenters. The predicted octanol–water partition coefficient (Wildman–Crippen LogP) is 2.33. The summed E-state index contributed by atoms with van der Waals surface area (Å²) >= 11 is 3.36. The molecule has 0 aliphatic carbocycles. The van der Waals surface area contributed by atoms with Gasteiger partial charge in [0.15, 0.2) is 0 Å². The minimum atomic E-state index is -0.0672. The smallest absolute Gasteiger partial charge is 0.227 e. The quantitative estimate of drug-likeness (QED) is 0.905. The summed E-state index contributed by atoms with van der Waals surface area (Å²) < 4.78 is 0.987. The van der Waals surface area contributed by atoms with Crippen molar-refractivity contribution in [3.63, 3.8) is 0 Å². The molecular weight excluding hydrogens is 270 g/mol. The Bertz CT molecular complexity index is 377. The fourth-order valence-electron chi connectivity index (χ4n) is 2.07. The highest BCUT2D eigenvalue weighted by Crippen LogP contribution is 2.26. The van der Waals surface area contributed by atoms with Crippen molar-refractivity contribution < 1.29 is 9.90 Å². The summed E-state index contributed by atoms with van der Waals surface area (Å²) in [6.07, 6.45) is 2.32. The number of nitrogens with zero attached hydrogens (tertiary/aromatic N) is 1. The molecule has 1 fully saturated rings. The van der Waals surface area contributed by atoms with Crippen molar-refractivity contribution in [1.82, 2.24) is 0 Å². The van der Waals surface area contributed by atoms with Gasteiger partial charge in [0.25, 0.3) is 0 Å². The number of piperidine rings is 1. The van der Waals surface area contributed by atoms with Crippen molar-refractivity contribution in [3.05, 3.63) is 28.7 Å². The molecule has 0 bridgehead atoms. The maximum Gasteiger partial charge on any atom is 0.227 e. The molecule has 3 nitrogen and oxygen atoms in total. The van der Waals surface area contributed by atoms with Crippen LogP contribution in [-0.4, -0.2) is 23.7 Å². The van der Waals surface area contributed by atoms with Crippen LogP contribution in [0.4, 0.5) is 5.69 Å². The van der Waals surface area contributed by atoms with E-state index in [0.717, 1.165) is 23.0 Å². The van der Waals surface area contributed by atoms with E-state index in [2.05, 4.69) is 15.9 Å². The topological polar surface area (TPSA) is 40.5 Å². The number of carbonyl (C=O) groups excluding carboxylic acids is 1. The van der Waals surface area contributed by atoms with Gasteiger partial charge in [-0.2, -0.15) is 0 Å². The maximum absolute atomic E-state index is 11.9. The predicted molar refractivity (Wildman–Crippen MR) is 66.4 cm³/mol. The number of rotatable bonds is 2. The summed E-state index contributed by atoms with van der Waals surface area (Å²) in [5, 5.41) is 9.29. The molecule has 1 aromatic carbocycles. The first-order valence-electron chi connectivity index (χ1n) is 5.41. The van der Waals surface area contributed by atoms with Gasteiger partial charge in [-0.15, -0.1) is 0 Å². The average molecular weight is 284 g/mol. The molecule has 16 heavy (non-hydrogen) atoms. The zero-order valence-corrected chi connectivity index (χ0v) is 10.5. The first-order valence-corrected chi connectivity index (χ1v) is 6.20. The third kappa shape index (κ3) is 2.28. The van der Waals surface area contributed by atoms with E-state index in [9.17, 15) is 9.90 Å². The molecule has 0 saturated carbocycles. The van der Waals surface area contributed by atoms with Crippen molar-refractivity contribution in [2.75, 3.05) is 11.5 Å². The Kier molecular flexibility index (Phi) is 3.61. The lowest BCUT2D eigenvalue weighted by atomic mass is 10.0. The molecule has 0 aromatic heterocycles. The van der Waals surface area contributed by atoms with E-state index >= 15 is 0 Å². The van der Waals surface area contributed by atoms with Gasteiger partial charge in [0.2, 0.25) is 5.91 Å². The third-order valence-electron chi connectivity index (χ3n) is 2.88. The lowest BCUT2D eigenvalue weighted by Gasteiger charge is -2.34. The van der Waals surface area contributed by atoms with E-state index in [4.69, 9.17) is 0 Å². The number of halogens is 1. The summed E-state index contributed by atoms with van der Waals surface area (Å²) in [7, 11) is 0. The number of hydrogen-bond donors (Lipinski definition) is 1. The highest BCUT2D eigenvalue weighted by molar-refractivity contribution is 9.10. The van der Waals surface area contributed by atoms with Crippen molar-refractivity contribution in [2.24, 2.45) is 0 Å². The van der Waals surface area contributed by atoms with E-state index in [0.29, 0.717) is 6.42 Å². The second-order valence-electron chi connectivity index (χ2n) is 3.97. The number of aliphatic hydroxyl groups excluding tert-OH is 1. The third-order valence-corrected chi connectivity index (χ3v) is 3.41. The highest BCUT2D eigenvalue weighted by Gasteiger charge is 2.28. The van der Waals surface area contributed by atoms with Gasteiger partial charge in [0.1, 0.15) is 0 Å².